The fraction of sp³-hybridized carbons (Fsp3) is 0.692. The highest BCUT2D eigenvalue weighted by Crippen LogP contribution is 2.23. The molecule has 1 fully saturated rings. The Balaban J connectivity index is 2.16. The third-order valence-corrected chi connectivity index (χ3v) is 3.49. The number of anilines is 1. The summed E-state index contributed by atoms with van der Waals surface area (Å²) in [7, 11) is 0. The first-order chi connectivity index (χ1) is 8.50. The molecule has 1 saturated heterocycles. The summed E-state index contributed by atoms with van der Waals surface area (Å²) in [6.07, 6.45) is 0.919. The lowest BCUT2D eigenvalue weighted by Crippen LogP contribution is -2.25. The van der Waals surface area contributed by atoms with E-state index in [4.69, 9.17) is 0 Å². The van der Waals surface area contributed by atoms with Gasteiger partial charge in [0.15, 0.2) is 0 Å². The highest BCUT2D eigenvalue weighted by atomic mass is 16.1. The van der Waals surface area contributed by atoms with Crippen LogP contribution in [0.2, 0.25) is 0 Å². The van der Waals surface area contributed by atoms with Crippen LogP contribution in [0.25, 0.3) is 0 Å². The molecular weight excluding hydrogens is 228 g/mol. The zero-order chi connectivity index (χ0) is 13.3. The first-order valence-corrected chi connectivity index (χ1v) is 6.58. The topological polar surface area (TPSA) is 59.0 Å². The fourth-order valence-corrected chi connectivity index (χ4v) is 2.45. The van der Waals surface area contributed by atoms with Crippen LogP contribution in [0.1, 0.15) is 37.7 Å². The van der Waals surface area contributed by atoms with Crippen molar-refractivity contribution in [3.63, 3.8) is 0 Å². The molecule has 100 valence electrons. The molecule has 1 aromatic heterocycles. The molecule has 0 aliphatic carbocycles. The van der Waals surface area contributed by atoms with Crippen molar-refractivity contribution < 1.29 is 4.79 Å². The molecule has 1 atom stereocenters. The number of carbonyl (C=O) groups excluding carboxylic acids is 1. The minimum Gasteiger partial charge on any atom is -0.323 e. The van der Waals surface area contributed by atoms with E-state index in [-0.39, 0.29) is 11.8 Å². The van der Waals surface area contributed by atoms with Crippen LogP contribution in [0.5, 0.6) is 0 Å². The monoisotopic (exact) mass is 250 g/mol. The Labute approximate surface area is 108 Å². The van der Waals surface area contributed by atoms with Crippen LogP contribution in [-0.2, 0) is 4.79 Å². The molecule has 0 radical (unpaired) electrons. The molecule has 1 aliphatic rings. The number of aromatic nitrogens is 2. The van der Waals surface area contributed by atoms with Gasteiger partial charge in [0.05, 0.1) is 23.0 Å². The molecule has 5 nitrogen and oxygen atoms in total. The molecule has 1 aromatic rings. The Morgan fingerprint density at radius 3 is 2.72 bits per heavy atom. The van der Waals surface area contributed by atoms with Gasteiger partial charge < -0.3 is 10.6 Å². The maximum atomic E-state index is 12.1. The molecule has 2 N–H and O–H groups in total. The largest absolute Gasteiger partial charge is 0.323 e. The predicted molar refractivity (Wildman–Crippen MR) is 71.7 cm³/mol. The molecule has 2 rings (SSSR count). The second-order valence-electron chi connectivity index (χ2n) is 5.26. The second-order valence-corrected chi connectivity index (χ2v) is 5.26. The number of nitrogens with one attached hydrogen (secondary N) is 2. The molecule has 0 spiro atoms. The van der Waals surface area contributed by atoms with Gasteiger partial charge in [0, 0.05) is 12.6 Å². The molecular formula is C13H22N4O. The SMILES string of the molecule is Cc1nn(C(C)C)c(C)c1NC(=O)C1CCNC1. The smallest absolute Gasteiger partial charge is 0.228 e. The highest BCUT2D eigenvalue weighted by molar-refractivity contribution is 5.94. The van der Waals surface area contributed by atoms with E-state index in [0.29, 0.717) is 6.04 Å². The van der Waals surface area contributed by atoms with E-state index >= 15 is 0 Å². The van der Waals surface area contributed by atoms with Gasteiger partial charge in [-0.05, 0) is 40.7 Å². The summed E-state index contributed by atoms with van der Waals surface area (Å²) in [5, 5.41) is 10.7. The number of carbonyl (C=O) groups is 1. The molecule has 2 heterocycles. The molecule has 0 aromatic carbocycles. The summed E-state index contributed by atoms with van der Waals surface area (Å²) in [5.41, 5.74) is 2.79. The summed E-state index contributed by atoms with van der Waals surface area (Å²) in [6.45, 7) is 9.83. The van der Waals surface area contributed by atoms with Crippen LogP contribution < -0.4 is 10.6 Å². The Morgan fingerprint density at radius 1 is 1.50 bits per heavy atom. The molecule has 5 heteroatoms. The van der Waals surface area contributed by atoms with E-state index < -0.39 is 0 Å². The van der Waals surface area contributed by atoms with E-state index in [1.54, 1.807) is 0 Å². The number of nitrogens with zero attached hydrogens (tertiary/aromatic N) is 2. The lowest BCUT2D eigenvalue weighted by molar-refractivity contribution is -0.119. The average molecular weight is 250 g/mol. The van der Waals surface area contributed by atoms with Gasteiger partial charge >= 0.3 is 0 Å². The summed E-state index contributed by atoms with van der Waals surface area (Å²) in [6, 6.07) is 0.308. The van der Waals surface area contributed by atoms with Crippen molar-refractivity contribution in [2.45, 2.75) is 40.2 Å². The van der Waals surface area contributed by atoms with Gasteiger partial charge in [0.2, 0.25) is 5.91 Å². The van der Waals surface area contributed by atoms with Crippen molar-refractivity contribution in [1.82, 2.24) is 15.1 Å². The van der Waals surface area contributed by atoms with Gasteiger partial charge in [-0.1, -0.05) is 0 Å². The van der Waals surface area contributed by atoms with E-state index in [9.17, 15) is 4.79 Å². The zero-order valence-electron chi connectivity index (χ0n) is 11.6. The second kappa shape index (κ2) is 5.10. The summed E-state index contributed by atoms with van der Waals surface area (Å²) in [4.78, 5) is 12.1. The van der Waals surface area contributed by atoms with Gasteiger partial charge in [-0.25, -0.2) is 0 Å². The molecule has 1 unspecified atom stereocenters. The van der Waals surface area contributed by atoms with Crippen molar-refractivity contribution in [2.24, 2.45) is 5.92 Å². The zero-order valence-corrected chi connectivity index (χ0v) is 11.6. The van der Waals surface area contributed by atoms with Crippen molar-refractivity contribution in [3.8, 4) is 0 Å². The third kappa shape index (κ3) is 2.41. The van der Waals surface area contributed by atoms with Crippen LogP contribution in [0.15, 0.2) is 0 Å². The number of hydrogen-bond acceptors (Lipinski definition) is 3. The number of hydrogen-bond donors (Lipinski definition) is 2. The van der Waals surface area contributed by atoms with Crippen LogP contribution in [0, 0.1) is 19.8 Å². The Kier molecular flexibility index (Phi) is 3.71. The molecule has 0 bridgehead atoms. The van der Waals surface area contributed by atoms with Crippen LogP contribution in [0.3, 0.4) is 0 Å². The first kappa shape index (κ1) is 13.1. The quantitative estimate of drug-likeness (QED) is 0.857. The van der Waals surface area contributed by atoms with E-state index in [0.717, 1.165) is 36.6 Å². The van der Waals surface area contributed by atoms with Crippen molar-refractivity contribution >= 4 is 11.6 Å². The van der Waals surface area contributed by atoms with E-state index in [1.165, 1.54) is 0 Å². The molecule has 1 amide bonds. The van der Waals surface area contributed by atoms with Crippen LogP contribution in [-0.4, -0.2) is 28.8 Å². The lowest BCUT2D eigenvalue weighted by Gasteiger charge is -2.11. The van der Waals surface area contributed by atoms with Gasteiger partial charge in [0.25, 0.3) is 0 Å². The van der Waals surface area contributed by atoms with Gasteiger partial charge in [-0.2, -0.15) is 5.10 Å². The number of rotatable bonds is 3. The standard InChI is InChI=1S/C13H22N4O/c1-8(2)17-10(4)12(9(3)16-17)15-13(18)11-5-6-14-7-11/h8,11,14H,5-7H2,1-4H3,(H,15,18). The normalized spacial score (nSPS) is 19.5. The van der Waals surface area contributed by atoms with Crippen molar-refractivity contribution in [1.29, 1.82) is 0 Å². The predicted octanol–water partition coefficient (Wildman–Crippen LogP) is 1.63. The van der Waals surface area contributed by atoms with E-state index in [2.05, 4.69) is 29.6 Å². The summed E-state index contributed by atoms with van der Waals surface area (Å²) in [5.74, 6) is 0.195. The maximum Gasteiger partial charge on any atom is 0.228 e. The van der Waals surface area contributed by atoms with Gasteiger partial charge in [0.1, 0.15) is 0 Å². The van der Waals surface area contributed by atoms with Gasteiger partial charge in [-0.15, -0.1) is 0 Å². The minimum absolute atomic E-state index is 0.0891. The highest BCUT2D eigenvalue weighted by Gasteiger charge is 2.24. The van der Waals surface area contributed by atoms with Crippen molar-refractivity contribution in [3.05, 3.63) is 11.4 Å². The number of aryl methyl sites for hydroxylation is 1. The van der Waals surface area contributed by atoms with Crippen LogP contribution in [0.4, 0.5) is 5.69 Å². The minimum atomic E-state index is 0.0891. The third-order valence-electron chi connectivity index (χ3n) is 3.49. The Hall–Kier alpha value is -1.36. The summed E-state index contributed by atoms with van der Waals surface area (Å²) >= 11 is 0. The van der Waals surface area contributed by atoms with Crippen molar-refractivity contribution in [2.75, 3.05) is 18.4 Å². The van der Waals surface area contributed by atoms with Crippen LogP contribution >= 0.6 is 0 Å². The van der Waals surface area contributed by atoms with Gasteiger partial charge in [-0.3, -0.25) is 9.48 Å². The first-order valence-electron chi connectivity index (χ1n) is 6.58. The molecule has 1 aliphatic heterocycles. The lowest BCUT2D eigenvalue weighted by atomic mass is 10.1. The Bertz CT molecular complexity index is 444. The average Bonchev–Trinajstić information content (AvgIpc) is 2.92. The summed E-state index contributed by atoms with van der Waals surface area (Å²) < 4.78 is 1.96. The Morgan fingerprint density at radius 2 is 2.22 bits per heavy atom. The number of amides is 1. The van der Waals surface area contributed by atoms with E-state index in [1.807, 2.05) is 18.5 Å². The molecule has 0 saturated carbocycles. The molecule has 18 heavy (non-hydrogen) atoms. The fourth-order valence-electron chi connectivity index (χ4n) is 2.45. The maximum absolute atomic E-state index is 12.1.